The topological polar surface area (TPSA) is 92.8 Å². The first kappa shape index (κ1) is 23.5. The van der Waals surface area contributed by atoms with Crippen molar-refractivity contribution in [1.29, 1.82) is 5.26 Å². The summed E-state index contributed by atoms with van der Waals surface area (Å²) in [5, 5.41) is 16.0. The third-order valence-electron chi connectivity index (χ3n) is 5.76. The highest BCUT2D eigenvalue weighted by atomic mass is 16.5. The summed E-state index contributed by atoms with van der Waals surface area (Å²) in [5.41, 5.74) is 4.98. The second-order valence-electron chi connectivity index (χ2n) is 8.37. The molecule has 0 unspecified atom stereocenters. The number of hydrogen-bond donors (Lipinski definition) is 1. The third-order valence-corrected chi connectivity index (χ3v) is 5.76. The smallest absolute Gasteiger partial charge is 0.256 e. The van der Waals surface area contributed by atoms with E-state index in [0.29, 0.717) is 35.8 Å². The molecule has 1 N–H and O–H groups in total. The molecule has 0 aliphatic rings. The quantitative estimate of drug-likeness (QED) is 0.286. The number of hydrogen-bond acceptors (Lipinski definition) is 5. The number of pyridine rings is 1. The van der Waals surface area contributed by atoms with E-state index in [1.807, 2.05) is 77.6 Å². The van der Waals surface area contributed by atoms with Crippen molar-refractivity contribution in [3.63, 3.8) is 0 Å². The summed E-state index contributed by atoms with van der Waals surface area (Å²) in [7, 11) is 0. The van der Waals surface area contributed by atoms with E-state index in [1.54, 1.807) is 36.7 Å². The van der Waals surface area contributed by atoms with Gasteiger partial charge in [0.25, 0.3) is 5.91 Å². The fourth-order valence-corrected chi connectivity index (χ4v) is 3.90. The van der Waals surface area contributed by atoms with E-state index in [9.17, 15) is 4.79 Å². The Kier molecular flexibility index (Phi) is 7.00. The first-order valence-corrected chi connectivity index (χ1v) is 11.7. The maximum absolute atomic E-state index is 13.1. The highest BCUT2D eigenvalue weighted by molar-refractivity contribution is 6.08. The van der Waals surface area contributed by atoms with Crippen molar-refractivity contribution in [2.24, 2.45) is 0 Å². The van der Waals surface area contributed by atoms with E-state index in [2.05, 4.69) is 21.5 Å². The van der Waals surface area contributed by atoms with Gasteiger partial charge in [-0.3, -0.25) is 9.48 Å². The lowest BCUT2D eigenvalue weighted by atomic mass is 9.98. The first-order valence-electron chi connectivity index (χ1n) is 11.7. The minimum absolute atomic E-state index is 0.222. The van der Waals surface area contributed by atoms with Gasteiger partial charge in [-0.05, 0) is 52.6 Å². The van der Waals surface area contributed by atoms with Crippen LogP contribution in [-0.4, -0.2) is 20.7 Å². The van der Waals surface area contributed by atoms with Crippen LogP contribution < -0.4 is 10.1 Å². The minimum Gasteiger partial charge on any atom is -0.439 e. The molecular weight excluding hydrogens is 462 g/mol. The lowest BCUT2D eigenvalue weighted by Gasteiger charge is -2.12. The molecule has 5 aromatic rings. The summed E-state index contributed by atoms with van der Waals surface area (Å²) >= 11 is 0. The Morgan fingerprint density at radius 1 is 0.919 bits per heavy atom. The number of carbonyl (C=O) groups is 1. The lowest BCUT2D eigenvalue weighted by Crippen LogP contribution is -2.13. The zero-order valence-electron chi connectivity index (χ0n) is 19.9. The Morgan fingerprint density at radius 2 is 1.70 bits per heavy atom. The van der Waals surface area contributed by atoms with Crippen molar-refractivity contribution in [1.82, 2.24) is 14.8 Å². The molecule has 180 valence electrons. The van der Waals surface area contributed by atoms with Crippen LogP contribution in [0.4, 0.5) is 5.69 Å². The molecule has 2 aromatic heterocycles. The molecule has 3 aromatic carbocycles. The van der Waals surface area contributed by atoms with E-state index < -0.39 is 0 Å². The summed E-state index contributed by atoms with van der Waals surface area (Å²) in [6, 6.07) is 30.4. The van der Waals surface area contributed by atoms with Crippen LogP contribution in [0.15, 0.2) is 110 Å². The fraction of sp³-hybridized carbons (Fsp3) is 0.0667. The average molecular weight is 486 g/mol. The predicted octanol–water partition coefficient (Wildman–Crippen LogP) is 6.10. The summed E-state index contributed by atoms with van der Waals surface area (Å²) in [6.45, 7) is 0.689. The van der Waals surface area contributed by atoms with Crippen LogP contribution in [0, 0.1) is 11.3 Å². The maximum atomic E-state index is 13.1. The lowest BCUT2D eigenvalue weighted by molar-refractivity contribution is 0.102. The zero-order valence-corrected chi connectivity index (χ0v) is 19.9. The summed E-state index contributed by atoms with van der Waals surface area (Å²) in [4.78, 5) is 17.4. The van der Waals surface area contributed by atoms with Gasteiger partial charge in [-0.2, -0.15) is 10.4 Å². The largest absolute Gasteiger partial charge is 0.439 e. The molecular formula is C30H23N5O2. The molecule has 0 aliphatic carbocycles. The number of amides is 1. The van der Waals surface area contributed by atoms with Crippen molar-refractivity contribution < 1.29 is 9.53 Å². The molecule has 37 heavy (non-hydrogen) atoms. The van der Waals surface area contributed by atoms with E-state index in [4.69, 9.17) is 10.00 Å². The Hall–Kier alpha value is -5.22. The normalized spacial score (nSPS) is 10.5. The number of ether oxygens (including phenoxy) is 1. The molecule has 0 saturated heterocycles. The standard InChI is InChI=1S/C30H23N5O2/c31-17-16-22-8-13-26(14-9-22)37-29-15-12-25(20-32-29)34-30(36)28-5-2-1-4-27(28)24-10-6-23(7-11-24)21-35-19-3-18-33-35/h1-15,18-20H,16,21H2,(H,34,36). The molecule has 0 saturated carbocycles. The molecule has 0 radical (unpaired) electrons. The van der Waals surface area contributed by atoms with Crippen molar-refractivity contribution in [2.45, 2.75) is 13.0 Å². The zero-order chi connectivity index (χ0) is 25.5. The summed E-state index contributed by atoms with van der Waals surface area (Å²) < 4.78 is 7.63. The predicted molar refractivity (Wildman–Crippen MR) is 141 cm³/mol. The number of aromatic nitrogens is 3. The number of nitriles is 1. The molecule has 0 bridgehead atoms. The van der Waals surface area contributed by atoms with Gasteiger partial charge in [0.15, 0.2) is 0 Å². The van der Waals surface area contributed by atoms with Crippen LogP contribution in [0.1, 0.15) is 21.5 Å². The SMILES string of the molecule is N#CCc1ccc(Oc2ccc(NC(=O)c3ccccc3-c3ccc(Cn4cccn4)cc3)cn2)cc1. The van der Waals surface area contributed by atoms with E-state index in [-0.39, 0.29) is 5.91 Å². The number of anilines is 1. The average Bonchev–Trinajstić information content (AvgIpc) is 3.45. The van der Waals surface area contributed by atoms with Crippen LogP contribution in [0.25, 0.3) is 11.1 Å². The fourth-order valence-electron chi connectivity index (χ4n) is 3.90. The monoisotopic (exact) mass is 485 g/mol. The molecule has 2 heterocycles. The number of benzene rings is 3. The molecule has 7 nitrogen and oxygen atoms in total. The molecule has 0 atom stereocenters. The van der Waals surface area contributed by atoms with Crippen molar-refractivity contribution >= 4 is 11.6 Å². The highest BCUT2D eigenvalue weighted by Gasteiger charge is 2.13. The van der Waals surface area contributed by atoms with Gasteiger partial charge in [-0.25, -0.2) is 4.98 Å². The molecule has 0 aliphatic heterocycles. The van der Waals surface area contributed by atoms with Crippen LogP contribution in [0.2, 0.25) is 0 Å². The van der Waals surface area contributed by atoms with Gasteiger partial charge >= 0.3 is 0 Å². The van der Waals surface area contributed by atoms with Gasteiger partial charge in [-0.15, -0.1) is 0 Å². The van der Waals surface area contributed by atoms with Gasteiger partial charge in [0.1, 0.15) is 5.75 Å². The molecule has 0 fully saturated rings. The number of nitrogens with zero attached hydrogens (tertiary/aromatic N) is 4. The van der Waals surface area contributed by atoms with Gasteiger partial charge in [0.05, 0.1) is 30.9 Å². The Balaban J connectivity index is 1.26. The van der Waals surface area contributed by atoms with Crippen LogP contribution >= 0.6 is 0 Å². The molecule has 5 rings (SSSR count). The number of carbonyl (C=O) groups excluding carboxylic acids is 1. The summed E-state index contributed by atoms with van der Waals surface area (Å²) in [6.07, 6.45) is 5.60. The second-order valence-corrected chi connectivity index (χ2v) is 8.37. The van der Waals surface area contributed by atoms with Crippen LogP contribution in [0.3, 0.4) is 0 Å². The molecule has 7 heteroatoms. The van der Waals surface area contributed by atoms with E-state index >= 15 is 0 Å². The number of nitrogens with one attached hydrogen (secondary N) is 1. The van der Waals surface area contributed by atoms with Crippen LogP contribution in [0.5, 0.6) is 11.6 Å². The van der Waals surface area contributed by atoms with Gasteiger partial charge in [0, 0.05) is 24.0 Å². The van der Waals surface area contributed by atoms with E-state index in [1.165, 1.54) is 0 Å². The molecule has 0 spiro atoms. The first-order chi connectivity index (χ1) is 18.2. The van der Waals surface area contributed by atoms with Crippen molar-refractivity contribution in [3.8, 4) is 28.8 Å². The number of rotatable bonds is 8. The highest BCUT2D eigenvalue weighted by Crippen LogP contribution is 2.26. The van der Waals surface area contributed by atoms with Gasteiger partial charge < -0.3 is 10.1 Å². The van der Waals surface area contributed by atoms with E-state index in [0.717, 1.165) is 22.3 Å². The van der Waals surface area contributed by atoms with Gasteiger partial charge in [-0.1, -0.05) is 54.6 Å². The second kappa shape index (κ2) is 11.0. The molecule has 1 amide bonds. The Bertz CT molecular complexity index is 1520. The van der Waals surface area contributed by atoms with Crippen molar-refractivity contribution in [3.05, 3.63) is 126 Å². The van der Waals surface area contributed by atoms with Crippen LogP contribution in [-0.2, 0) is 13.0 Å². The summed E-state index contributed by atoms with van der Waals surface area (Å²) in [5.74, 6) is 0.803. The Labute approximate surface area is 214 Å². The maximum Gasteiger partial charge on any atom is 0.256 e. The Morgan fingerprint density at radius 3 is 2.41 bits per heavy atom. The minimum atomic E-state index is -0.222. The van der Waals surface area contributed by atoms with Gasteiger partial charge in [0.2, 0.25) is 5.88 Å². The third kappa shape index (κ3) is 5.89. The van der Waals surface area contributed by atoms with Crippen molar-refractivity contribution in [2.75, 3.05) is 5.32 Å².